The Morgan fingerprint density at radius 3 is 2.81 bits per heavy atom. The molecule has 5 heteroatoms. The van der Waals surface area contributed by atoms with Crippen molar-refractivity contribution in [2.75, 3.05) is 13.1 Å². The molecule has 1 aromatic carbocycles. The molecule has 1 unspecified atom stereocenters. The number of hydrogen-bond donors (Lipinski definition) is 1. The summed E-state index contributed by atoms with van der Waals surface area (Å²) in [5.74, 6) is -0.391. The standard InChI is InChI=1S/C16H18N2O3/c1-10-12-6-2-3-7-13(12)21-14(10)16(20)18-8-4-5-11(9-18)15(17)19/h2-3,6-7,11H,4-5,8-9H2,1H3,(H2,17,19). The summed E-state index contributed by atoms with van der Waals surface area (Å²) in [6, 6.07) is 7.58. The summed E-state index contributed by atoms with van der Waals surface area (Å²) in [5.41, 5.74) is 6.91. The number of rotatable bonds is 2. The molecular formula is C16H18N2O3. The van der Waals surface area contributed by atoms with Crippen molar-refractivity contribution in [1.82, 2.24) is 4.90 Å². The van der Waals surface area contributed by atoms with Crippen molar-refractivity contribution in [2.45, 2.75) is 19.8 Å². The normalized spacial score (nSPS) is 18.9. The second-order valence-electron chi connectivity index (χ2n) is 5.55. The minimum atomic E-state index is -0.339. The van der Waals surface area contributed by atoms with Gasteiger partial charge in [-0.2, -0.15) is 0 Å². The Bertz CT molecular complexity index is 705. The monoisotopic (exact) mass is 286 g/mol. The van der Waals surface area contributed by atoms with Gasteiger partial charge in [-0.1, -0.05) is 18.2 Å². The molecule has 1 atom stereocenters. The van der Waals surface area contributed by atoms with E-state index < -0.39 is 0 Å². The van der Waals surface area contributed by atoms with Crippen LogP contribution in [0.5, 0.6) is 0 Å². The first kappa shape index (κ1) is 13.7. The zero-order valence-electron chi connectivity index (χ0n) is 12.0. The molecule has 1 aliphatic rings. The maximum Gasteiger partial charge on any atom is 0.289 e. The molecule has 1 saturated heterocycles. The lowest BCUT2D eigenvalue weighted by Crippen LogP contribution is -2.44. The number of nitrogens with two attached hydrogens (primary N) is 1. The molecule has 2 heterocycles. The van der Waals surface area contributed by atoms with Crippen LogP contribution in [0.4, 0.5) is 0 Å². The summed E-state index contributed by atoms with van der Waals surface area (Å²) >= 11 is 0. The van der Waals surface area contributed by atoms with Gasteiger partial charge in [0.2, 0.25) is 5.91 Å². The van der Waals surface area contributed by atoms with Crippen LogP contribution in [0.25, 0.3) is 11.0 Å². The number of piperidine rings is 1. The Labute approximate surface area is 122 Å². The number of furan rings is 1. The Morgan fingerprint density at radius 1 is 1.33 bits per heavy atom. The maximum atomic E-state index is 12.6. The number of nitrogens with zero attached hydrogens (tertiary/aromatic N) is 1. The van der Waals surface area contributed by atoms with Crippen molar-refractivity contribution in [1.29, 1.82) is 0 Å². The Balaban J connectivity index is 1.90. The van der Waals surface area contributed by atoms with Crippen molar-refractivity contribution in [3.05, 3.63) is 35.6 Å². The van der Waals surface area contributed by atoms with Gasteiger partial charge in [0, 0.05) is 24.0 Å². The van der Waals surface area contributed by atoms with Crippen molar-refractivity contribution in [3.8, 4) is 0 Å². The fourth-order valence-corrected chi connectivity index (χ4v) is 2.92. The van der Waals surface area contributed by atoms with E-state index in [-0.39, 0.29) is 17.7 Å². The van der Waals surface area contributed by atoms with E-state index in [1.54, 1.807) is 4.90 Å². The average molecular weight is 286 g/mol. The second-order valence-corrected chi connectivity index (χ2v) is 5.55. The van der Waals surface area contributed by atoms with Gasteiger partial charge in [-0.15, -0.1) is 0 Å². The maximum absolute atomic E-state index is 12.6. The summed E-state index contributed by atoms with van der Waals surface area (Å²) in [6.45, 7) is 2.90. The van der Waals surface area contributed by atoms with E-state index in [0.717, 1.165) is 23.8 Å². The van der Waals surface area contributed by atoms with Crippen LogP contribution in [0, 0.1) is 12.8 Å². The number of likely N-dealkylation sites (tertiary alicyclic amines) is 1. The zero-order chi connectivity index (χ0) is 15.0. The quantitative estimate of drug-likeness (QED) is 0.918. The van der Waals surface area contributed by atoms with Crippen molar-refractivity contribution in [2.24, 2.45) is 11.7 Å². The highest BCUT2D eigenvalue weighted by Crippen LogP contribution is 2.27. The summed E-state index contributed by atoms with van der Waals surface area (Å²) < 4.78 is 5.70. The first-order valence-corrected chi connectivity index (χ1v) is 7.14. The Morgan fingerprint density at radius 2 is 2.10 bits per heavy atom. The third-order valence-corrected chi connectivity index (χ3v) is 4.15. The molecule has 3 rings (SSSR count). The molecule has 21 heavy (non-hydrogen) atoms. The number of carbonyl (C=O) groups excluding carboxylic acids is 2. The molecule has 2 amide bonds. The van der Waals surface area contributed by atoms with Crippen LogP contribution < -0.4 is 5.73 Å². The molecule has 2 N–H and O–H groups in total. The summed E-state index contributed by atoms with van der Waals surface area (Å²) in [7, 11) is 0. The molecule has 0 radical (unpaired) electrons. The molecule has 5 nitrogen and oxygen atoms in total. The fraction of sp³-hybridized carbons (Fsp3) is 0.375. The highest BCUT2D eigenvalue weighted by atomic mass is 16.3. The summed E-state index contributed by atoms with van der Waals surface area (Å²) in [6.07, 6.45) is 1.54. The first-order chi connectivity index (χ1) is 10.1. The number of para-hydroxylation sites is 1. The van der Waals surface area contributed by atoms with Crippen molar-refractivity contribution in [3.63, 3.8) is 0 Å². The lowest BCUT2D eigenvalue weighted by Gasteiger charge is -2.30. The molecule has 1 fully saturated rings. The van der Waals surface area contributed by atoms with E-state index in [2.05, 4.69) is 0 Å². The molecule has 0 aliphatic carbocycles. The van der Waals surface area contributed by atoms with Gasteiger partial charge in [-0.05, 0) is 25.8 Å². The van der Waals surface area contributed by atoms with E-state index in [4.69, 9.17) is 10.2 Å². The largest absolute Gasteiger partial charge is 0.451 e. The molecule has 1 aromatic heterocycles. The molecule has 110 valence electrons. The van der Waals surface area contributed by atoms with Gasteiger partial charge < -0.3 is 15.1 Å². The number of carbonyl (C=O) groups is 2. The number of amides is 2. The van der Waals surface area contributed by atoms with Crippen LogP contribution >= 0.6 is 0 Å². The lowest BCUT2D eigenvalue weighted by molar-refractivity contribution is -0.123. The smallest absolute Gasteiger partial charge is 0.289 e. The molecule has 0 saturated carbocycles. The number of fused-ring (bicyclic) bond motifs is 1. The lowest BCUT2D eigenvalue weighted by atomic mass is 9.97. The van der Waals surface area contributed by atoms with E-state index >= 15 is 0 Å². The summed E-state index contributed by atoms with van der Waals surface area (Å²) in [5, 5.41) is 0.948. The summed E-state index contributed by atoms with van der Waals surface area (Å²) in [4.78, 5) is 25.6. The molecular weight excluding hydrogens is 268 g/mol. The third kappa shape index (κ3) is 2.39. The predicted molar refractivity (Wildman–Crippen MR) is 78.8 cm³/mol. The van der Waals surface area contributed by atoms with Crippen LogP contribution in [0.3, 0.4) is 0 Å². The van der Waals surface area contributed by atoms with Gasteiger partial charge in [0.25, 0.3) is 5.91 Å². The number of benzene rings is 1. The van der Waals surface area contributed by atoms with Crippen LogP contribution in [0.2, 0.25) is 0 Å². The first-order valence-electron chi connectivity index (χ1n) is 7.14. The topological polar surface area (TPSA) is 76.5 Å². The minimum Gasteiger partial charge on any atom is -0.451 e. The van der Waals surface area contributed by atoms with Crippen molar-refractivity contribution >= 4 is 22.8 Å². The van der Waals surface area contributed by atoms with Crippen LogP contribution in [-0.4, -0.2) is 29.8 Å². The third-order valence-electron chi connectivity index (χ3n) is 4.15. The SMILES string of the molecule is Cc1c(C(=O)N2CCCC(C(N)=O)C2)oc2ccccc12. The van der Waals surface area contributed by atoms with E-state index in [1.807, 2.05) is 31.2 Å². The van der Waals surface area contributed by atoms with Crippen LogP contribution in [0.1, 0.15) is 29.0 Å². The van der Waals surface area contributed by atoms with Crippen LogP contribution in [0.15, 0.2) is 28.7 Å². The second kappa shape index (κ2) is 5.24. The van der Waals surface area contributed by atoms with E-state index in [1.165, 1.54) is 0 Å². The Kier molecular flexibility index (Phi) is 3.41. The van der Waals surface area contributed by atoms with E-state index in [9.17, 15) is 9.59 Å². The minimum absolute atomic E-state index is 0.158. The van der Waals surface area contributed by atoms with Gasteiger partial charge in [0.15, 0.2) is 5.76 Å². The molecule has 1 aliphatic heterocycles. The zero-order valence-corrected chi connectivity index (χ0v) is 12.0. The van der Waals surface area contributed by atoms with Gasteiger partial charge in [-0.25, -0.2) is 0 Å². The van der Waals surface area contributed by atoms with Crippen LogP contribution in [-0.2, 0) is 4.79 Å². The Hall–Kier alpha value is -2.30. The van der Waals surface area contributed by atoms with Crippen molar-refractivity contribution < 1.29 is 14.0 Å². The average Bonchev–Trinajstić information content (AvgIpc) is 2.84. The van der Waals surface area contributed by atoms with Gasteiger partial charge in [-0.3, -0.25) is 9.59 Å². The number of hydrogen-bond acceptors (Lipinski definition) is 3. The number of aryl methyl sites for hydroxylation is 1. The molecule has 0 bridgehead atoms. The van der Waals surface area contributed by atoms with Gasteiger partial charge >= 0.3 is 0 Å². The highest BCUT2D eigenvalue weighted by Gasteiger charge is 2.30. The molecule has 0 spiro atoms. The van der Waals surface area contributed by atoms with E-state index in [0.29, 0.717) is 24.4 Å². The highest BCUT2D eigenvalue weighted by molar-refractivity contribution is 5.99. The predicted octanol–water partition coefficient (Wildman–Crippen LogP) is 2.08. The van der Waals surface area contributed by atoms with Gasteiger partial charge in [0.1, 0.15) is 5.58 Å². The number of primary amides is 1. The van der Waals surface area contributed by atoms with Gasteiger partial charge in [0.05, 0.1) is 5.92 Å². The fourth-order valence-electron chi connectivity index (χ4n) is 2.92. The molecule has 2 aromatic rings.